The Balaban J connectivity index is 1.84. The number of aromatic amines is 1. The summed E-state index contributed by atoms with van der Waals surface area (Å²) in [6, 6.07) is 5.95. The van der Waals surface area contributed by atoms with E-state index < -0.39 is 0 Å². The van der Waals surface area contributed by atoms with Crippen molar-refractivity contribution in [2.24, 2.45) is 0 Å². The van der Waals surface area contributed by atoms with Gasteiger partial charge in [0.1, 0.15) is 0 Å². The van der Waals surface area contributed by atoms with Crippen molar-refractivity contribution in [1.82, 2.24) is 14.9 Å². The molecular formula is C16H18ClN3OS. The van der Waals surface area contributed by atoms with Crippen LogP contribution in [0.15, 0.2) is 28.2 Å². The van der Waals surface area contributed by atoms with Crippen molar-refractivity contribution in [2.75, 3.05) is 12.8 Å². The zero-order valence-electron chi connectivity index (χ0n) is 12.6. The van der Waals surface area contributed by atoms with E-state index >= 15 is 0 Å². The van der Waals surface area contributed by atoms with Gasteiger partial charge < -0.3 is 4.98 Å². The van der Waals surface area contributed by atoms with E-state index in [4.69, 9.17) is 11.6 Å². The number of aryl methyl sites for hydroxylation is 1. The molecule has 1 aliphatic rings. The Kier molecular flexibility index (Phi) is 4.57. The lowest BCUT2D eigenvalue weighted by molar-refractivity contribution is 0.240. The number of halogens is 1. The molecule has 3 rings (SSSR count). The average molecular weight is 336 g/mol. The quantitative estimate of drug-likeness (QED) is 0.692. The van der Waals surface area contributed by atoms with Crippen molar-refractivity contribution in [2.45, 2.75) is 31.6 Å². The largest absolute Gasteiger partial charge is 0.301 e. The number of nitrogens with one attached hydrogen (secondary N) is 1. The van der Waals surface area contributed by atoms with Gasteiger partial charge in [-0.15, -0.1) is 0 Å². The van der Waals surface area contributed by atoms with E-state index in [0.29, 0.717) is 11.7 Å². The van der Waals surface area contributed by atoms with E-state index in [1.165, 1.54) is 17.3 Å². The van der Waals surface area contributed by atoms with Gasteiger partial charge in [-0.05, 0) is 30.4 Å². The Bertz CT molecular complexity index is 739. The van der Waals surface area contributed by atoms with Gasteiger partial charge in [0.25, 0.3) is 5.56 Å². The van der Waals surface area contributed by atoms with Gasteiger partial charge in [0.05, 0.1) is 11.3 Å². The highest BCUT2D eigenvalue weighted by molar-refractivity contribution is 7.98. The fourth-order valence-electron chi connectivity index (χ4n) is 2.78. The molecule has 4 nitrogen and oxygen atoms in total. The number of aromatic nitrogens is 2. The summed E-state index contributed by atoms with van der Waals surface area (Å²) in [4.78, 5) is 21.8. The SMILES string of the molecule is CSc1nc2c(c(=O)[nH]1)CN(Cc1c(C)cccc1Cl)CC2. The van der Waals surface area contributed by atoms with Crippen LogP contribution in [-0.4, -0.2) is 27.7 Å². The van der Waals surface area contributed by atoms with Crippen LogP contribution in [0.3, 0.4) is 0 Å². The first-order valence-corrected chi connectivity index (χ1v) is 8.81. The molecule has 1 N–H and O–H groups in total. The van der Waals surface area contributed by atoms with E-state index in [1.54, 1.807) is 0 Å². The topological polar surface area (TPSA) is 49.0 Å². The van der Waals surface area contributed by atoms with Crippen molar-refractivity contribution in [3.05, 3.63) is 56.0 Å². The van der Waals surface area contributed by atoms with E-state index in [0.717, 1.165) is 41.4 Å². The predicted molar refractivity (Wildman–Crippen MR) is 90.6 cm³/mol. The van der Waals surface area contributed by atoms with Crippen molar-refractivity contribution < 1.29 is 0 Å². The van der Waals surface area contributed by atoms with Crippen LogP contribution in [0.2, 0.25) is 5.02 Å². The molecule has 0 amide bonds. The summed E-state index contributed by atoms with van der Waals surface area (Å²) in [5.74, 6) is 0. The molecule has 0 radical (unpaired) electrons. The van der Waals surface area contributed by atoms with Gasteiger partial charge in [-0.3, -0.25) is 9.69 Å². The third kappa shape index (κ3) is 3.07. The molecule has 22 heavy (non-hydrogen) atoms. The van der Waals surface area contributed by atoms with Gasteiger partial charge in [-0.1, -0.05) is 35.5 Å². The van der Waals surface area contributed by atoms with Crippen molar-refractivity contribution in [1.29, 1.82) is 0 Å². The molecule has 1 aromatic carbocycles. The van der Waals surface area contributed by atoms with Gasteiger partial charge in [0.15, 0.2) is 5.16 Å². The molecule has 0 fully saturated rings. The third-order valence-electron chi connectivity index (χ3n) is 4.05. The summed E-state index contributed by atoms with van der Waals surface area (Å²) in [6.07, 6.45) is 2.72. The van der Waals surface area contributed by atoms with Crippen LogP contribution in [0.4, 0.5) is 0 Å². The number of benzene rings is 1. The second-order valence-corrected chi connectivity index (χ2v) is 6.70. The molecule has 0 bridgehead atoms. The summed E-state index contributed by atoms with van der Waals surface area (Å²) in [5, 5.41) is 1.48. The summed E-state index contributed by atoms with van der Waals surface area (Å²) < 4.78 is 0. The highest BCUT2D eigenvalue weighted by atomic mass is 35.5. The van der Waals surface area contributed by atoms with E-state index in [2.05, 4.69) is 27.9 Å². The summed E-state index contributed by atoms with van der Waals surface area (Å²) in [5.41, 5.74) is 4.02. The molecule has 2 heterocycles. The molecule has 2 aromatic rings. The number of fused-ring (bicyclic) bond motifs is 1. The predicted octanol–water partition coefficient (Wildman–Crippen LogP) is 3.01. The van der Waals surface area contributed by atoms with Crippen molar-refractivity contribution >= 4 is 23.4 Å². The maximum absolute atomic E-state index is 12.2. The minimum absolute atomic E-state index is 0.0186. The lowest BCUT2D eigenvalue weighted by atomic mass is 10.0. The summed E-state index contributed by atoms with van der Waals surface area (Å²) >= 11 is 7.78. The fraction of sp³-hybridized carbons (Fsp3) is 0.375. The Labute approximate surface area is 138 Å². The smallest absolute Gasteiger partial charge is 0.256 e. The Morgan fingerprint density at radius 3 is 3.00 bits per heavy atom. The van der Waals surface area contributed by atoms with Gasteiger partial charge in [0, 0.05) is 31.1 Å². The average Bonchev–Trinajstić information content (AvgIpc) is 2.51. The normalized spacial score (nSPS) is 14.9. The lowest BCUT2D eigenvalue weighted by Crippen LogP contribution is -2.35. The van der Waals surface area contributed by atoms with Crippen molar-refractivity contribution in [3.8, 4) is 0 Å². The minimum atomic E-state index is -0.0186. The van der Waals surface area contributed by atoms with E-state index in [9.17, 15) is 4.79 Å². The number of nitrogens with zero attached hydrogens (tertiary/aromatic N) is 2. The Hall–Kier alpha value is -1.30. The Morgan fingerprint density at radius 1 is 1.45 bits per heavy atom. The van der Waals surface area contributed by atoms with E-state index in [-0.39, 0.29) is 5.56 Å². The maximum Gasteiger partial charge on any atom is 0.256 e. The van der Waals surface area contributed by atoms with Crippen LogP contribution in [0.1, 0.15) is 22.4 Å². The lowest BCUT2D eigenvalue weighted by Gasteiger charge is -2.28. The maximum atomic E-state index is 12.2. The first kappa shape index (κ1) is 15.6. The monoisotopic (exact) mass is 335 g/mol. The van der Waals surface area contributed by atoms with Crippen LogP contribution in [0, 0.1) is 6.92 Å². The molecule has 0 spiro atoms. The second-order valence-electron chi connectivity index (χ2n) is 5.50. The molecule has 6 heteroatoms. The third-order valence-corrected chi connectivity index (χ3v) is 4.99. The molecule has 0 aliphatic carbocycles. The highest BCUT2D eigenvalue weighted by Crippen LogP contribution is 2.24. The molecule has 0 unspecified atom stereocenters. The summed E-state index contributed by atoms with van der Waals surface area (Å²) in [6.45, 7) is 4.34. The standard InChI is InChI=1S/C16H18ClN3OS/c1-10-4-3-5-13(17)11(10)8-20-7-6-14-12(9-20)15(21)19-16(18-14)22-2/h3-5H,6-9H2,1-2H3,(H,18,19,21). The molecule has 0 saturated heterocycles. The number of rotatable bonds is 3. The zero-order valence-corrected chi connectivity index (χ0v) is 14.2. The Morgan fingerprint density at radius 2 is 2.27 bits per heavy atom. The zero-order chi connectivity index (χ0) is 15.7. The highest BCUT2D eigenvalue weighted by Gasteiger charge is 2.22. The van der Waals surface area contributed by atoms with Gasteiger partial charge in [0.2, 0.25) is 0 Å². The van der Waals surface area contributed by atoms with Gasteiger partial charge in [-0.25, -0.2) is 4.98 Å². The number of thioether (sulfide) groups is 1. The number of H-pyrrole nitrogens is 1. The van der Waals surface area contributed by atoms with Crippen LogP contribution in [0.5, 0.6) is 0 Å². The molecule has 0 atom stereocenters. The first-order valence-electron chi connectivity index (χ1n) is 7.21. The van der Waals surface area contributed by atoms with Crippen LogP contribution in [-0.2, 0) is 19.5 Å². The molecular weight excluding hydrogens is 318 g/mol. The molecule has 1 aromatic heterocycles. The van der Waals surface area contributed by atoms with E-state index in [1.807, 2.05) is 18.4 Å². The molecule has 0 saturated carbocycles. The fourth-order valence-corrected chi connectivity index (χ4v) is 3.46. The second kappa shape index (κ2) is 6.44. The van der Waals surface area contributed by atoms with Gasteiger partial charge in [-0.2, -0.15) is 0 Å². The van der Waals surface area contributed by atoms with Crippen LogP contribution < -0.4 is 5.56 Å². The molecule has 1 aliphatic heterocycles. The van der Waals surface area contributed by atoms with Crippen molar-refractivity contribution in [3.63, 3.8) is 0 Å². The summed E-state index contributed by atoms with van der Waals surface area (Å²) in [7, 11) is 0. The van der Waals surface area contributed by atoms with Gasteiger partial charge >= 0.3 is 0 Å². The number of hydrogen-bond donors (Lipinski definition) is 1. The minimum Gasteiger partial charge on any atom is -0.301 e. The first-order chi connectivity index (χ1) is 10.6. The van der Waals surface area contributed by atoms with Crippen LogP contribution >= 0.6 is 23.4 Å². The van der Waals surface area contributed by atoms with Crippen LogP contribution in [0.25, 0.3) is 0 Å². The number of hydrogen-bond acceptors (Lipinski definition) is 4. The molecule has 116 valence electrons.